The van der Waals surface area contributed by atoms with Gasteiger partial charge >= 0.3 is 0 Å². The SMILES string of the molecule is CC(=O)N[C@@H](CC(=O)N[C@H](C)c1ccncc1)c1ccc(Cl)cc1. The summed E-state index contributed by atoms with van der Waals surface area (Å²) in [7, 11) is 0. The molecule has 2 rings (SSSR count). The summed E-state index contributed by atoms with van der Waals surface area (Å²) < 4.78 is 0. The molecule has 0 saturated carbocycles. The zero-order chi connectivity index (χ0) is 17.5. The number of aromatic nitrogens is 1. The van der Waals surface area contributed by atoms with Crippen LogP contribution in [0.2, 0.25) is 5.02 Å². The number of nitrogens with zero attached hydrogens (tertiary/aromatic N) is 1. The Morgan fingerprint density at radius 1 is 1.04 bits per heavy atom. The van der Waals surface area contributed by atoms with Gasteiger partial charge in [-0.1, -0.05) is 23.7 Å². The minimum Gasteiger partial charge on any atom is -0.350 e. The van der Waals surface area contributed by atoms with Gasteiger partial charge in [-0.15, -0.1) is 0 Å². The molecule has 0 aliphatic rings. The van der Waals surface area contributed by atoms with Crippen molar-refractivity contribution in [2.75, 3.05) is 0 Å². The summed E-state index contributed by atoms with van der Waals surface area (Å²) in [6.45, 7) is 3.34. The number of halogens is 1. The maximum absolute atomic E-state index is 12.4. The topological polar surface area (TPSA) is 71.1 Å². The molecule has 0 bridgehead atoms. The summed E-state index contributed by atoms with van der Waals surface area (Å²) >= 11 is 5.89. The fourth-order valence-electron chi connectivity index (χ4n) is 2.41. The number of nitrogens with one attached hydrogen (secondary N) is 2. The first-order chi connectivity index (χ1) is 11.5. The summed E-state index contributed by atoms with van der Waals surface area (Å²) in [5.41, 5.74) is 1.81. The number of hydrogen-bond donors (Lipinski definition) is 2. The van der Waals surface area contributed by atoms with Crippen LogP contribution < -0.4 is 10.6 Å². The van der Waals surface area contributed by atoms with Crippen molar-refractivity contribution < 1.29 is 9.59 Å². The lowest BCUT2D eigenvalue weighted by Gasteiger charge is -2.20. The number of amides is 2. The van der Waals surface area contributed by atoms with E-state index in [1.165, 1.54) is 6.92 Å². The van der Waals surface area contributed by atoms with Gasteiger partial charge < -0.3 is 10.6 Å². The van der Waals surface area contributed by atoms with Crippen LogP contribution in [0.1, 0.15) is 43.5 Å². The van der Waals surface area contributed by atoms with E-state index < -0.39 is 6.04 Å². The monoisotopic (exact) mass is 345 g/mol. The van der Waals surface area contributed by atoms with Crippen molar-refractivity contribution in [2.45, 2.75) is 32.4 Å². The van der Waals surface area contributed by atoms with Gasteiger partial charge in [0.05, 0.1) is 18.5 Å². The Morgan fingerprint density at radius 3 is 2.25 bits per heavy atom. The lowest BCUT2D eigenvalue weighted by Crippen LogP contribution is -2.33. The molecule has 2 atom stereocenters. The zero-order valence-corrected chi connectivity index (χ0v) is 14.4. The van der Waals surface area contributed by atoms with Crippen LogP contribution in [0.3, 0.4) is 0 Å². The van der Waals surface area contributed by atoms with Crippen LogP contribution in [0.25, 0.3) is 0 Å². The van der Waals surface area contributed by atoms with E-state index in [0.717, 1.165) is 11.1 Å². The quantitative estimate of drug-likeness (QED) is 0.844. The smallest absolute Gasteiger partial charge is 0.222 e. The van der Waals surface area contributed by atoms with Crippen LogP contribution in [0.15, 0.2) is 48.8 Å². The van der Waals surface area contributed by atoms with Crippen molar-refractivity contribution in [3.63, 3.8) is 0 Å². The average molecular weight is 346 g/mol. The molecule has 0 aliphatic carbocycles. The molecule has 0 saturated heterocycles. The van der Waals surface area contributed by atoms with Gasteiger partial charge in [-0.3, -0.25) is 14.6 Å². The maximum atomic E-state index is 12.4. The third-order valence-corrected chi connectivity index (χ3v) is 3.87. The minimum absolute atomic E-state index is 0.135. The molecule has 0 spiro atoms. The Balaban J connectivity index is 2.04. The van der Waals surface area contributed by atoms with Crippen molar-refractivity contribution in [2.24, 2.45) is 0 Å². The van der Waals surface area contributed by atoms with Crippen LogP contribution in [-0.4, -0.2) is 16.8 Å². The van der Waals surface area contributed by atoms with Crippen LogP contribution in [0, 0.1) is 0 Å². The third kappa shape index (κ3) is 5.35. The average Bonchev–Trinajstić information content (AvgIpc) is 2.55. The second-order valence-electron chi connectivity index (χ2n) is 5.58. The zero-order valence-electron chi connectivity index (χ0n) is 13.6. The van der Waals surface area contributed by atoms with Crippen molar-refractivity contribution in [1.82, 2.24) is 15.6 Å². The summed E-state index contributed by atoms with van der Waals surface area (Å²) in [5.74, 6) is -0.335. The van der Waals surface area contributed by atoms with E-state index in [4.69, 9.17) is 11.6 Å². The van der Waals surface area contributed by atoms with Crippen molar-refractivity contribution >= 4 is 23.4 Å². The predicted molar refractivity (Wildman–Crippen MR) is 93.4 cm³/mol. The van der Waals surface area contributed by atoms with Crippen LogP contribution >= 0.6 is 11.6 Å². The van der Waals surface area contributed by atoms with E-state index >= 15 is 0 Å². The van der Waals surface area contributed by atoms with Gasteiger partial charge in [0.25, 0.3) is 0 Å². The number of pyridine rings is 1. The number of rotatable bonds is 6. The molecule has 2 aromatic rings. The molecule has 126 valence electrons. The summed E-state index contributed by atoms with van der Waals surface area (Å²) in [6, 6.07) is 10.3. The number of benzene rings is 1. The normalized spacial score (nSPS) is 13.0. The molecule has 0 fully saturated rings. The van der Waals surface area contributed by atoms with Crippen molar-refractivity contribution in [1.29, 1.82) is 0 Å². The molecule has 0 radical (unpaired) electrons. The molecule has 2 amide bonds. The Kier molecular flexibility index (Phi) is 6.32. The molecule has 1 heterocycles. The van der Waals surface area contributed by atoms with Crippen LogP contribution in [-0.2, 0) is 9.59 Å². The molecule has 0 aliphatic heterocycles. The summed E-state index contributed by atoms with van der Waals surface area (Å²) in [6.07, 6.45) is 3.52. The van der Waals surface area contributed by atoms with Gasteiger partial charge in [-0.05, 0) is 42.3 Å². The van der Waals surface area contributed by atoms with Gasteiger partial charge in [0.15, 0.2) is 0 Å². The Hall–Kier alpha value is -2.40. The molecular weight excluding hydrogens is 326 g/mol. The van der Waals surface area contributed by atoms with Crippen molar-refractivity contribution in [3.05, 3.63) is 64.9 Å². The molecule has 1 aromatic carbocycles. The maximum Gasteiger partial charge on any atom is 0.222 e. The molecular formula is C18H20ClN3O2. The van der Waals surface area contributed by atoms with Gasteiger partial charge in [0.1, 0.15) is 0 Å². The molecule has 24 heavy (non-hydrogen) atoms. The highest BCUT2D eigenvalue weighted by molar-refractivity contribution is 6.30. The van der Waals surface area contributed by atoms with E-state index in [-0.39, 0.29) is 24.3 Å². The first kappa shape index (κ1) is 17.9. The molecule has 6 heteroatoms. The number of carbonyl (C=O) groups is 2. The first-order valence-electron chi connectivity index (χ1n) is 7.67. The summed E-state index contributed by atoms with van der Waals surface area (Å²) in [5, 5.41) is 6.35. The fourth-order valence-corrected chi connectivity index (χ4v) is 2.54. The Bertz CT molecular complexity index is 689. The van der Waals surface area contributed by atoms with E-state index in [9.17, 15) is 9.59 Å². The fraction of sp³-hybridized carbons (Fsp3) is 0.278. The van der Waals surface area contributed by atoms with Crippen LogP contribution in [0.4, 0.5) is 0 Å². The lowest BCUT2D eigenvalue weighted by molar-refractivity contribution is -0.123. The minimum atomic E-state index is -0.399. The van der Waals surface area contributed by atoms with Gasteiger partial charge in [-0.2, -0.15) is 0 Å². The highest BCUT2D eigenvalue weighted by Crippen LogP contribution is 2.20. The van der Waals surface area contributed by atoms with E-state index in [2.05, 4.69) is 15.6 Å². The third-order valence-electron chi connectivity index (χ3n) is 3.62. The largest absolute Gasteiger partial charge is 0.350 e. The van der Waals surface area contributed by atoms with E-state index in [1.54, 1.807) is 24.5 Å². The van der Waals surface area contributed by atoms with E-state index in [0.29, 0.717) is 5.02 Å². The van der Waals surface area contributed by atoms with Gasteiger partial charge in [0.2, 0.25) is 11.8 Å². The molecule has 1 aromatic heterocycles. The second kappa shape index (κ2) is 8.45. The Morgan fingerprint density at radius 2 is 1.67 bits per heavy atom. The predicted octanol–water partition coefficient (Wildman–Crippen LogP) is 3.18. The van der Waals surface area contributed by atoms with E-state index in [1.807, 2.05) is 31.2 Å². The number of carbonyl (C=O) groups excluding carboxylic acids is 2. The lowest BCUT2D eigenvalue weighted by atomic mass is 10.0. The van der Waals surface area contributed by atoms with Gasteiger partial charge in [-0.25, -0.2) is 0 Å². The Labute approximate surface area is 146 Å². The second-order valence-corrected chi connectivity index (χ2v) is 6.01. The van der Waals surface area contributed by atoms with Crippen LogP contribution in [0.5, 0.6) is 0 Å². The number of hydrogen-bond acceptors (Lipinski definition) is 3. The molecule has 5 nitrogen and oxygen atoms in total. The molecule has 0 unspecified atom stereocenters. The standard InChI is InChI=1S/C18H20ClN3O2/c1-12(14-7-9-20-10-8-14)21-18(24)11-17(22-13(2)23)15-3-5-16(19)6-4-15/h3-10,12,17H,11H2,1-2H3,(H,21,24)(H,22,23)/t12-,17+/m1/s1. The first-order valence-corrected chi connectivity index (χ1v) is 8.05. The highest BCUT2D eigenvalue weighted by Gasteiger charge is 2.18. The molecule has 2 N–H and O–H groups in total. The highest BCUT2D eigenvalue weighted by atomic mass is 35.5. The summed E-state index contributed by atoms with van der Waals surface area (Å²) in [4.78, 5) is 27.8. The van der Waals surface area contributed by atoms with Gasteiger partial charge in [0, 0.05) is 24.3 Å². The van der Waals surface area contributed by atoms with Crippen molar-refractivity contribution in [3.8, 4) is 0 Å².